The summed E-state index contributed by atoms with van der Waals surface area (Å²) in [5.41, 5.74) is 1.07. The number of nitrogens with zero attached hydrogens (tertiary/aromatic N) is 4. The second kappa shape index (κ2) is 6.16. The van der Waals surface area contributed by atoms with Gasteiger partial charge in [0.15, 0.2) is 5.58 Å². The average Bonchev–Trinajstić information content (AvgIpc) is 2.88. The quantitative estimate of drug-likeness (QED) is 0.846. The maximum Gasteiger partial charge on any atom is 0.410 e. The van der Waals surface area contributed by atoms with Gasteiger partial charge in [-0.3, -0.25) is 9.88 Å². The van der Waals surface area contributed by atoms with E-state index < -0.39 is 5.60 Å². The maximum absolute atomic E-state index is 12.0. The molecule has 3 rings (SSSR count). The van der Waals surface area contributed by atoms with Gasteiger partial charge in [0.05, 0.1) is 12.7 Å². The van der Waals surface area contributed by atoms with Crippen LogP contribution in [0.3, 0.4) is 0 Å². The van der Waals surface area contributed by atoms with Crippen LogP contribution in [0.15, 0.2) is 22.9 Å². The lowest BCUT2D eigenvalue weighted by Gasteiger charge is -2.35. The Kier molecular flexibility index (Phi) is 4.21. The van der Waals surface area contributed by atoms with Crippen molar-refractivity contribution in [1.29, 1.82) is 0 Å². The molecule has 7 nitrogen and oxygen atoms in total. The Morgan fingerprint density at radius 3 is 2.70 bits per heavy atom. The Bertz CT molecular complexity index is 651. The largest absolute Gasteiger partial charge is 0.444 e. The lowest BCUT2D eigenvalue weighted by Crippen LogP contribution is -2.49. The minimum atomic E-state index is -0.458. The van der Waals surface area contributed by atoms with Crippen molar-refractivity contribution in [3.63, 3.8) is 0 Å². The number of carbonyl (C=O) groups excluding carboxylic acids is 1. The van der Waals surface area contributed by atoms with Crippen LogP contribution >= 0.6 is 0 Å². The fourth-order valence-electron chi connectivity index (χ4n) is 2.50. The third kappa shape index (κ3) is 3.98. The number of rotatable bonds is 2. The van der Waals surface area contributed by atoms with Crippen molar-refractivity contribution in [3.05, 3.63) is 24.4 Å². The van der Waals surface area contributed by atoms with Crippen LogP contribution in [-0.2, 0) is 11.3 Å². The molecule has 23 heavy (non-hydrogen) atoms. The van der Waals surface area contributed by atoms with Crippen molar-refractivity contribution in [3.8, 4) is 0 Å². The number of carbonyl (C=O) groups is 1. The fraction of sp³-hybridized carbons (Fsp3) is 0.562. The summed E-state index contributed by atoms with van der Waals surface area (Å²) < 4.78 is 11.1. The number of fused-ring (bicyclic) bond motifs is 1. The number of piperazine rings is 1. The van der Waals surface area contributed by atoms with E-state index >= 15 is 0 Å². The van der Waals surface area contributed by atoms with E-state index in [4.69, 9.17) is 9.15 Å². The molecule has 1 fully saturated rings. The first-order valence-electron chi connectivity index (χ1n) is 7.80. The summed E-state index contributed by atoms with van der Waals surface area (Å²) in [6.45, 7) is 9.12. The summed E-state index contributed by atoms with van der Waals surface area (Å²) in [5, 5.41) is 0. The predicted molar refractivity (Wildman–Crippen MR) is 84.9 cm³/mol. The first-order chi connectivity index (χ1) is 10.9. The molecule has 1 aliphatic heterocycles. The van der Waals surface area contributed by atoms with Crippen molar-refractivity contribution < 1.29 is 13.9 Å². The van der Waals surface area contributed by atoms with Crippen LogP contribution in [-0.4, -0.2) is 57.6 Å². The molecule has 0 aromatic carbocycles. The van der Waals surface area contributed by atoms with Gasteiger partial charge in [-0.1, -0.05) is 0 Å². The second-order valence-corrected chi connectivity index (χ2v) is 6.69. The number of hydrogen-bond donors (Lipinski definition) is 0. The highest BCUT2D eigenvalue weighted by molar-refractivity contribution is 5.70. The molecule has 7 heteroatoms. The Labute approximate surface area is 135 Å². The SMILES string of the molecule is CC(C)(C)OC(=O)N1CCN(Cc2nc3ccncc3o2)CC1. The Balaban J connectivity index is 1.54. The summed E-state index contributed by atoms with van der Waals surface area (Å²) in [5.74, 6) is 0.679. The lowest BCUT2D eigenvalue weighted by atomic mass is 10.2. The normalized spacial score (nSPS) is 16.7. The molecule has 1 aliphatic rings. The molecular weight excluding hydrogens is 296 g/mol. The van der Waals surface area contributed by atoms with Crippen LogP contribution in [0.1, 0.15) is 26.7 Å². The van der Waals surface area contributed by atoms with Crippen molar-refractivity contribution in [2.24, 2.45) is 0 Å². The van der Waals surface area contributed by atoms with Crippen molar-refractivity contribution in [1.82, 2.24) is 19.8 Å². The Morgan fingerprint density at radius 2 is 2.04 bits per heavy atom. The van der Waals surface area contributed by atoms with Crippen molar-refractivity contribution in [2.75, 3.05) is 26.2 Å². The number of ether oxygens (including phenoxy) is 1. The summed E-state index contributed by atoms with van der Waals surface area (Å²) in [6, 6.07) is 1.84. The fourth-order valence-corrected chi connectivity index (χ4v) is 2.50. The maximum atomic E-state index is 12.0. The third-order valence-corrected chi connectivity index (χ3v) is 3.62. The predicted octanol–water partition coefficient (Wildman–Crippen LogP) is 2.28. The smallest absolute Gasteiger partial charge is 0.410 e. The average molecular weight is 318 g/mol. The zero-order valence-electron chi connectivity index (χ0n) is 13.8. The van der Waals surface area contributed by atoms with E-state index in [-0.39, 0.29) is 6.09 Å². The molecule has 3 heterocycles. The molecule has 0 aliphatic carbocycles. The topological polar surface area (TPSA) is 71.7 Å². The van der Waals surface area contributed by atoms with Crippen LogP contribution in [0.5, 0.6) is 0 Å². The van der Waals surface area contributed by atoms with Crippen LogP contribution < -0.4 is 0 Å². The van der Waals surface area contributed by atoms with Crippen LogP contribution in [0, 0.1) is 0 Å². The molecule has 1 amide bonds. The van der Waals surface area contributed by atoms with E-state index in [1.807, 2.05) is 26.8 Å². The van der Waals surface area contributed by atoms with Crippen LogP contribution in [0.25, 0.3) is 11.1 Å². The molecule has 0 N–H and O–H groups in total. The highest BCUT2D eigenvalue weighted by atomic mass is 16.6. The molecule has 0 spiro atoms. The molecule has 0 unspecified atom stereocenters. The molecule has 0 radical (unpaired) electrons. The van der Waals surface area contributed by atoms with Gasteiger partial charge in [0, 0.05) is 32.4 Å². The summed E-state index contributed by atoms with van der Waals surface area (Å²) in [7, 11) is 0. The van der Waals surface area contributed by atoms with Crippen LogP contribution in [0.4, 0.5) is 4.79 Å². The standard InChI is InChI=1S/C16H22N4O3/c1-16(2,3)23-15(21)20-8-6-19(7-9-20)11-14-18-12-4-5-17-10-13(12)22-14/h4-5,10H,6-9,11H2,1-3H3. The molecule has 2 aromatic rings. The third-order valence-electron chi connectivity index (χ3n) is 3.62. The zero-order chi connectivity index (χ0) is 16.4. The van der Waals surface area contributed by atoms with E-state index in [2.05, 4.69) is 14.9 Å². The summed E-state index contributed by atoms with van der Waals surface area (Å²) in [6.07, 6.45) is 3.13. The van der Waals surface area contributed by atoms with Gasteiger partial charge < -0.3 is 14.1 Å². The molecule has 0 bridgehead atoms. The number of amides is 1. The molecule has 1 saturated heterocycles. The van der Waals surface area contributed by atoms with Gasteiger partial charge in [-0.05, 0) is 26.8 Å². The minimum Gasteiger partial charge on any atom is -0.444 e. The highest BCUT2D eigenvalue weighted by Gasteiger charge is 2.26. The van der Waals surface area contributed by atoms with E-state index in [1.165, 1.54) is 0 Å². The first kappa shape index (κ1) is 15.7. The van der Waals surface area contributed by atoms with E-state index in [9.17, 15) is 4.79 Å². The summed E-state index contributed by atoms with van der Waals surface area (Å²) >= 11 is 0. The zero-order valence-corrected chi connectivity index (χ0v) is 13.8. The van der Waals surface area contributed by atoms with Gasteiger partial charge in [0.2, 0.25) is 5.89 Å². The van der Waals surface area contributed by atoms with Gasteiger partial charge in [-0.15, -0.1) is 0 Å². The number of hydrogen-bond acceptors (Lipinski definition) is 6. The molecule has 124 valence electrons. The highest BCUT2D eigenvalue weighted by Crippen LogP contribution is 2.16. The van der Waals surface area contributed by atoms with Gasteiger partial charge in [0.1, 0.15) is 11.1 Å². The first-order valence-corrected chi connectivity index (χ1v) is 7.80. The Morgan fingerprint density at radius 1 is 1.30 bits per heavy atom. The minimum absolute atomic E-state index is 0.245. The van der Waals surface area contributed by atoms with E-state index in [1.54, 1.807) is 17.3 Å². The number of oxazole rings is 1. The van der Waals surface area contributed by atoms with Gasteiger partial charge in [-0.2, -0.15) is 0 Å². The molecule has 0 saturated carbocycles. The van der Waals surface area contributed by atoms with Crippen molar-refractivity contribution in [2.45, 2.75) is 32.9 Å². The molecule has 2 aromatic heterocycles. The van der Waals surface area contributed by atoms with Crippen LogP contribution in [0.2, 0.25) is 0 Å². The lowest BCUT2D eigenvalue weighted by molar-refractivity contribution is 0.0133. The Hall–Kier alpha value is -2.15. The van der Waals surface area contributed by atoms with Gasteiger partial charge in [0.25, 0.3) is 0 Å². The summed E-state index contributed by atoms with van der Waals surface area (Å²) in [4.78, 5) is 24.5. The molecule has 0 atom stereocenters. The number of pyridine rings is 1. The van der Waals surface area contributed by atoms with Gasteiger partial charge in [-0.25, -0.2) is 9.78 Å². The van der Waals surface area contributed by atoms with Crippen molar-refractivity contribution >= 4 is 17.2 Å². The monoisotopic (exact) mass is 318 g/mol. The van der Waals surface area contributed by atoms with Gasteiger partial charge >= 0.3 is 6.09 Å². The van der Waals surface area contributed by atoms with E-state index in [0.717, 1.165) is 18.6 Å². The second-order valence-electron chi connectivity index (χ2n) is 6.69. The molecular formula is C16H22N4O3. The van der Waals surface area contributed by atoms with E-state index in [0.29, 0.717) is 31.1 Å². The number of aromatic nitrogens is 2.